The molecule has 0 radical (unpaired) electrons. The number of thioether (sulfide) groups is 1. The largest absolute Gasteiger partial charge is 0.395 e. The van der Waals surface area contributed by atoms with E-state index in [9.17, 15) is 0 Å². The van der Waals surface area contributed by atoms with Crippen LogP contribution in [0.3, 0.4) is 0 Å². The summed E-state index contributed by atoms with van der Waals surface area (Å²) in [5.74, 6) is 0.959. The maximum absolute atomic E-state index is 8.95. The molecule has 0 aliphatic carbocycles. The van der Waals surface area contributed by atoms with Crippen molar-refractivity contribution in [1.82, 2.24) is 4.90 Å². The number of hydrogen-bond donors (Lipinski definition) is 1. The molecule has 0 spiro atoms. The molecule has 152 valence electrons. The number of hydrogen-bond acceptors (Lipinski definition) is 7. The number of likely N-dealkylation sites (N-methyl/N-ethyl adjacent to an activating group) is 1. The predicted molar refractivity (Wildman–Crippen MR) is 105 cm³/mol. The molecule has 0 aromatic carbocycles. The maximum Gasteiger partial charge on any atom is 0.0701 e. The van der Waals surface area contributed by atoms with Crippen LogP contribution in [0.1, 0.15) is 27.2 Å². The van der Waals surface area contributed by atoms with E-state index >= 15 is 0 Å². The molecule has 0 saturated heterocycles. The molecule has 0 atom stereocenters. The van der Waals surface area contributed by atoms with Crippen LogP contribution < -0.4 is 0 Å². The van der Waals surface area contributed by atoms with E-state index in [1.807, 2.05) is 18.8 Å². The molecular formula is C18H39NO5S. The van der Waals surface area contributed by atoms with Gasteiger partial charge in [0.05, 0.1) is 52.9 Å². The molecule has 0 bridgehead atoms. The summed E-state index contributed by atoms with van der Waals surface area (Å²) in [4.78, 5) is 2.15. The molecule has 0 rings (SSSR count). The standard InChI is InChI=1S/C18H39NO5S/c1-5-8-21-9-10-22-11-12-23-13-14-24-15-16-25-18(2,3)17-19(4)6-7-20/h20H,5-17H2,1-4H3. The topological polar surface area (TPSA) is 60.4 Å². The third-order valence-corrected chi connectivity index (χ3v) is 4.60. The zero-order valence-electron chi connectivity index (χ0n) is 16.6. The molecule has 0 aromatic rings. The second-order valence-corrected chi connectivity index (χ2v) is 8.32. The Balaban J connectivity index is 3.30. The molecule has 25 heavy (non-hydrogen) atoms. The summed E-state index contributed by atoms with van der Waals surface area (Å²) in [5, 5.41) is 8.95. The van der Waals surface area contributed by atoms with Crippen molar-refractivity contribution < 1.29 is 24.1 Å². The second kappa shape index (κ2) is 17.5. The molecule has 0 aliphatic heterocycles. The minimum Gasteiger partial charge on any atom is -0.395 e. The molecule has 0 fully saturated rings. The van der Waals surface area contributed by atoms with Crippen LogP contribution in [-0.4, -0.2) is 100 Å². The van der Waals surface area contributed by atoms with E-state index in [0.29, 0.717) is 46.2 Å². The van der Waals surface area contributed by atoms with Gasteiger partial charge in [-0.2, -0.15) is 11.8 Å². The summed E-state index contributed by atoms with van der Waals surface area (Å²) in [6.45, 7) is 13.6. The van der Waals surface area contributed by atoms with Gasteiger partial charge < -0.3 is 29.0 Å². The smallest absolute Gasteiger partial charge is 0.0701 e. The van der Waals surface area contributed by atoms with Crippen LogP contribution in [0, 0.1) is 0 Å². The van der Waals surface area contributed by atoms with Crippen molar-refractivity contribution in [3.05, 3.63) is 0 Å². The Morgan fingerprint density at radius 2 is 1.32 bits per heavy atom. The lowest BCUT2D eigenvalue weighted by Gasteiger charge is -2.29. The van der Waals surface area contributed by atoms with Crippen molar-refractivity contribution in [2.45, 2.75) is 31.9 Å². The first-order valence-electron chi connectivity index (χ1n) is 9.26. The monoisotopic (exact) mass is 381 g/mol. The van der Waals surface area contributed by atoms with Crippen LogP contribution in [-0.2, 0) is 18.9 Å². The van der Waals surface area contributed by atoms with Gasteiger partial charge in [-0.1, -0.05) is 6.92 Å². The molecule has 0 heterocycles. The third-order valence-electron chi connectivity index (χ3n) is 3.32. The molecular weight excluding hydrogens is 342 g/mol. The van der Waals surface area contributed by atoms with Crippen molar-refractivity contribution in [2.24, 2.45) is 0 Å². The highest BCUT2D eigenvalue weighted by Crippen LogP contribution is 2.24. The van der Waals surface area contributed by atoms with E-state index < -0.39 is 0 Å². The SMILES string of the molecule is CCCOCCOCCOCCOCCSC(C)(C)CN(C)CCO. The number of nitrogens with zero attached hydrogens (tertiary/aromatic N) is 1. The van der Waals surface area contributed by atoms with E-state index in [1.165, 1.54) is 0 Å². The molecule has 0 saturated carbocycles. The predicted octanol–water partition coefficient (Wildman–Crippen LogP) is 1.90. The van der Waals surface area contributed by atoms with Crippen LogP contribution in [0.5, 0.6) is 0 Å². The summed E-state index contributed by atoms with van der Waals surface area (Å²) in [6, 6.07) is 0. The highest BCUT2D eigenvalue weighted by atomic mass is 32.2. The number of ether oxygens (including phenoxy) is 4. The fraction of sp³-hybridized carbons (Fsp3) is 1.00. The van der Waals surface area contributed by atoms with Gasteiger partial charge in [0.1, 0.15) is 0 Å². The first-order chi connectivity index (χ1) is 12.0. The Kier molecular flexibility index (Phi) is 17.6. The Morgan fingerprint density at radius 1 is 0.840 bits per heavy atom. The lowest BCUT2D eigenvalue weighted by atomic mass is 10.2. The van der Waals surface area contributed by atoms with E-state index in [4.69, 9.17) is 24.1 Å². The van der Waals surface area contributed by atoms with Crippen LogP contribution >= 0.6 is 11.8 Å². The lowest BCUT2D eigenvalue weighted by molar-refractivity contribution is -0.000148. The van der Waals surface area contributed by atoms with Crippen LogP contribution in [0.15, 0.2) is 0 Å². The van der Waals surface area contributed by atoms with E-state index in [-0.39, 0.29) is 11.4 Å². The summed E-state index contributed by atoms with van der Waals surface area (Å²) >= 11 is 1.89. The number of rotatable bonds is 19. The Hall–Kier alpha value is 0.110. The highest BCUT2D eigenvalue weighted by Gasteiger charge is 2.20. The van der Waals surface area contributed by atoms with Crippen LogP contribution in [0.2, 0.25) is 0 Å². The maximum atomic E-state index is 8.95. The average molecular weight is 382 g/mol. The van der Waals surface area contributed by atoms with Gasteiger partial charge in [0.25, 0.3) is 0 Å². The van der Waals surface area contributed by atoms with Gasteiger partial charge >= 0.3 is 0 Å². The zero-order valence-corrected chi connectivity index (χ0v) is 17.4. The van der Waals surface area contributed by atoms with Gasteiger partial charge in [-0.3, -0.25) is 0 Å². The summed E-state index contributed by atoms with van der Waals surface area (Å²) in [6.07, 6.45) is 1.04. The van der Waals surface area contributed by atoms with Gasteiger partial charge in [-0.05, 0) is 27.3 Å². The van der Waals surface area contributed by atoms with Crippen molar-refractivity contribution in [2.75, 3.05) is 85.4 Å². The van der Waals surface area contributed by atoms with Crippen LogP contribution in [0.4, 0.5) is 0 Å². The first kappa shape index (κ1) is 25.1. The highest BCUT2D eigenvalue weighted by molar-refractivity contribution is 8.00. The molecule has 6 nitrogen and oxygen atoms in total. The zero-order chi connectivity index (χ0) is 18.8. The van der Waals surface area contributed by atoms with Gasteiger partial charge in [-0.15, -0.1) is 0 Å². The number of aliphatic hydroxyl groups is 1. The Labute approximate surface area is 158 Å². The Bertz CT molecular complexity index is 282. The molecule has 0 unspecified atom stereocenters. The lowest BCUT2D eigenvalue weighted by Crippen LogP contribution is -2.36. The van der Waals surface area contributed by atoms with Gasteiger partial charge in [-0.25, -0.2) is 0 Å². The van der Waals surface area contributed by atoms with E-state index in [1.54, 1.807) is 0 Å². The molecule has 1 N–H and O–H groups in total. The van der Waals surface area contributed by atoms with Crippen molar-refractivity contribution in [3.63, 3.8) is 0 Å². The minimum atomic E-state index is 0.155. The molecule has 0 aliphatic rings. The molecule has 7 heteroatoms. The minimum absolute atomic E-state index is 0.155. The average Bonchev–Trinajstić information content (AvgIpc) is 2.54. The molecule has 0 amide bonds. The fourth-order valence-electron chi connectivity index (χ4n) is 2.23. The summed E-state index contributed by atoms with van der Waals surface area (Å²) in [7, 11) is 2.04. The first-order valence-corrected chi connectivity index (χ1v) is 10.2. The van der Waals surface area contributed by atoms with Crippen molar-refractivity contribution in [3.8, 4) is 0 Å². The van der Waals surface area contributed by atoms with Gasteiger partial charge in [0.2, 0.25) is 0 Å². The Morgan fingerprint density at radius 3 is 1.80 bits per heavy atom. The van der Waals surface area contributed by atoms with Gasteiger partial charge in [0.15, 0.2) is 0 Å². The van der Waals surface area contributed by atoms with Crippen molar-refractivity contribution >= 4 is 11.8 Å². The van der Waals surface area contributed by atoms with Gasteiger partial charge in [0, 0.05) is 30.2 Å². The fourth-order valence-corrected chi connectivity index (χ4v) is 3.29. The second-order valence-electron chi connectivity index (χ2n) is 6.52. The van der Waals surface area contributed by atoms with E-state index in [2.05, 4.69) is 25.7 Å². The van der Waals surface area contributed by atoms with E-state index in [0.717, 1.165) is 31.9 Å². The normalized spacial score (nSPS) is 12.2. The molecule has 0 aromatic heterocycles. The summed E-state index contributed by atoms with van der Waals surface area (Å²) < 4.78 is 21.9. The van der Waals surface area contributed by atoms with Crippen molar-refractivity contribution in [1.29, 1.82) is 0 Å². The number of aliphatic hydroxyl groups excluding tert-OH is 1. The third kappa shape index (κ3) is 18.7. The summed E-state index contributed by atoms with van der Waals surface area (Å²) in [5.41, 5.74) is 0. The quantitative estimate of drug-likeness (QED) is 0.343. The van der Waals surface area contributed by atoms with Crippen LogP contribution in [0.25, 0.3) is 0 Å².